The highest BCUT2D eigenvalue weighted by Crippen LogP contribution is 2.40. The molecule has 6 nitrogen and oxygen atoms in total. The first-order valence-corrected chi connectivity index (χ1v) is 5.94. The molecule has 3 rings (SSSR count). The fourth-order valence-electron chi connectivity index (χ4n) is 2.24. The van der Waals surface area contributed by atoms with Crippen LogP contribution in [-0.4, -0.2) is 25.9 Å². The van der Waals surface area contributed by atoms with Crippen LogP contribution in [0, 0.1) is 5.82 Å². The van der Waals surface area contributed by atoms with E-state index in [0.717, 1.165) is 25.1 Å². The third-order valence-corrected chi connectivity index (χ3v) is 3.38. The molecule has 104 valence electrons. The number of pyridine rings is 1. The lowest BCUT2D eigenvalue weighted by Gasteiger charge is -2.13. The molecule has 0 radical (unpaired) electrons. The molecule has 0 saturated heterocycles. The third kappa shape index (κ3) is 1.63. The van der Waals surface area contributed by atoms with Crippen LogP contribution in [0.5, 0.6) is 11.5 Å². The van der Waals surface area contributed by atoms with Crippen molar-refractivity contribution in [2.24, 2.45) is 0 Å². The van der Waals surface area contributed by atoms with Crippen molar-refractivity contribution < 1.29 is 24.5 Å². The zero-order chi connectivity index (χ0) is 14.6. The summed E-state index contributed by atoms with van der Waals surface area (Å²) in [6, 6.07) is 0.788. The van der Waals surface area contributed by atoms with Crippen molar-refractivity contribution in [1.29, 1.82) is 0 Å². The summed E-state index contributed by atoms with van der Waals surface area (Å²) in [6.07, 6.45) is 2.56. The van der Waals surface area contributed by atoms with Crippen LogP contribution < -0.4 is 5.43 Å². The predicted octanol–water partition coefficient (Wildman–Crippen LogP) is 1.58. The van der Waals surface area contributed by atoms with Crippen molar-refractivity contribution in [3.8, 4) is 11.5 Å². The lowest BCUT2D eigenvalue weighted by atomic mass is 10.1. The minimum absolute atomic E-state index is 0.102. The number of aromatic nitrogens is 1. The fraction of sp³-hybridized carbons (Fsp3) is 0.231. The molecule has 1 aromatic heterocycles. The Kier molecular flexibility index (Phi) is 2.47. The molecule has 0 unspecified atom stereocenters. The molecule has 1 aliphatic rings. The average Bonchev–Trinajstić information content (AvgIpc) is 3.21. The van der Waals surface area contributed by atoms with Gasteiger partial charge in [0.15, 0.2) is 17.3 Å². The normalized spacial score (nSPS) is 14.7. The second kappa shape index (κ2) is 3.96. The van der Waals surface area contributed by atoms with Crippen LogP contribution >= 0.6 is 0 Å². The quantitative estimate of drug-likeness (QED) is 0.725. The molecule has 1 saturated carbocycles. The lowest BCUT2D eigenvalue weighted by molar-refractivity contribution is 0.0695. The number of rotatable bonds is 2. The number of carboxylic acid groups (broad SMARTS) is 1. The number of hydrogen-bond acceptors (Lipinski definition) is 4. The van der Waals surface area contributed by atoms with Gasteiger partial charge >= 0.3 is 5.97 Å². The van der Waals surface area contributed by atoms with Crippen LogP contribution in [0.1, 0.15) is 29.2 Å². The van der Waals surface area contributed by atoms with Gasteiger partial charge in [0, 0.05) is 12.2 Å². The molecule has 0 aliphatic heterocycles. The standard InChI is InChI=1S/C13H10FNO5/c14-9-10-6(3-8(16)12(9)18)11(17)7(13(19)20)4-15(10)5-1-2-5/h3-5,16,18H,1-2H2,(H,19,20). The Hall–Kier alpha value is -2.57. The lowest BCUT2D eigenvalue weighted by Crippen LogP contribution is -2.19. The summed E-state index contributed by atoms with van der Waals surface area (Å²) < 4.78 is 15.4. The number of phenolic OH excluding ortho intramolecular Hbond substituents is 2. The van der Waals surface area contributed by atoms with Gasteiger partial charge in [-0.05, 0) is 18.9 Å². The molecule has 1 aromatic carbocycles. The van der Waals surface area contributed by atoms with Gasteiger partial charge in [0.2, 0.25) is 5.43 Å². The van der Waals surface area contributed by atoms with Gasteiger partial charge in [-0.15, -0.1) is 0 Å². The van der Waals surface area contributed by atoms with Crippen molar-refractivity contribution in [2.75, 3.05) is 0 Å². The van der Waals surface area contributed by atoms with E-state index in [4.69, 9.17) is 5.11 Å². The molecular formula is C13H10FNO5. The van der Waals surface area contributed by atoms with Crippen LogP contribution in [0.4, 0.5) is 4.39 Å². The molecule has 0 bridgehead atoms. The van der Waals surface area contributed by atoms with E-state index < -0.39 is 34.3 Å². The number of hydrogen-bond donors (Lipinski definition) is 3. The minimum Gasteiger partial charge on any atom is -0.504 e. The van der Waals surface area contributed by atoms with Gasteiger partial charge in [-0.1, -0.05) is 0 Å². The Morgan fingerprint density at radius 2 is 2.00 bits per heavy atom. The SMILES string of the molecule is O=C(O)c1cn(C2CC2)c2c(F)c(O)c(O)cc2c1=O. The largest absolute Gasteiger partial charge is 0.504 e. The summed E-state index contributed by atoms with van der Waals surface area (Å²) in [5, 5.41) is 27.6. The number of benzene rings is 1. The van der Waals surface area contributed by atoms with Gasteiger partial charge in [0.05, 0.1) is 10.9 Å². The van der Waals surface area contributed by atoms with E-state index in [1.165, 1.54) is 4.57 Å². The summed E-state index contributed by atoms with van der Waals surface area (Å²) in [5.74, 6) is -4.29. The summed E-state index contributed by atoms with van der Waals surface area (Å²) in [5.41, 5.74) is -1.56. The van der Waals surface area contributed by atoms with Crippen LogP contribution in [0.3, 0.4) is 0 Å². The summed E-state index contributed by atoms with van der Waals surface area (Å²) in [6.45, 7) is 0. The number of phenols is 2. The Morgan fingerprint density at radius 1 is 1.35 bits per heavy atom. The van der Waals surface area contributed by atoms with Crippen LogP contribution in [0.2, 0.25) is 0 Å². The summed E-state index contributed by atoms with van der Waals surface area (Å²) in [4.78, 5) is 23.1. The molecule has 20 heavy (non-hydrogen) atoms. The van der Waals surface area contributed by atoms with E-state index in [9.17, 15) is 24.2 Å². The molecular weight excluding hydrogens is 269 g/mol. The van der Waals surface area contributed by atoms with E-state index in [2.05, 4.69) is 0 Å². The number of nitrogens with zero attached hydrogens (tertiary/aromatic N) is 1. The Bertz CT molecular complexity index is 807. The minimum atomic E-state index is -1.42. The van der Waals surface area contributed by atoms with Crippen molar-refractivity contribution in [3.63, 3.8) is 0 Å². The molecule has 1 heterocycles. The van der Waals surface area contributed by atoms with Crippen molar-refractivity contribution in [3.05, 3.63) is 33.9 Å². The number of carboxylic acids is 1. The number of fused-ring (bicyclic) bond motifs is 1. The van der Waals surface area contributed by atoms with Gasteiger partial charge < -0.3 is 19.9 Å². The van der Waals surface area contributed by atoms with Crippen LogP contribution in [-0.2, 0) is 0 Å². The topological polar surface area (TPSA) is 99.8 Å². The summed E-state index contributed by atoms with van der Waals surface area (Å²) >= 11 is 0. The Balaban J connectivity index is 2.52. The van der Waals surface area contributed by atoms with Crippen molar-refractivity contribution in [2.45, 2.75) is 18.9 Å². The molecule has 3 N–H and O–H groups in total. The van der Waals surface area contributed by atoms with Crippen molar-refractivity contribution >= 4 is 16.9 Å². The number of aromatic hydroxyl groups is 2. The molecule has 1 aliphatic carbocycles. The average molecular weight is 279 g/mol. The highest BCUT2D eigenvalue weighted by molar-refractivity contribution is 5.93. The maximum absolute atomic E-state index is 14.1. The van der Waals surface area contributed by atoms with Crippen molar-refractivity contribution in [1.82, 2.24) is 4.57 Å². The Labute approximate surface area is 111 Å². The van der Waals surface area contributed by atoms with Crippen LogP contribution in [0.25, 0.3) is 10.9 Å². The molecule has 0 spiro atoms. The Morgan fingerprint density at radius 3 is 2.55 bits per heavy atom. The van der Waals surface area contributed by atoms with E-state index in [1.807, 2.05) is 0 Å². The molecule has 0 amide bonds. The maximum Gasteiger partial charge on any atom is 0.341 e. The smallest absolute Gasteiger partial charge is 0.341 e. The number of aromatic carboxylic acids is 1. The maximum atomic E-state index is 14.1. The van der Waals surface area contributed by atoms with Crippen LogP contribution in [0.15, 0.2) is 17.1 Å². The highest BCUT2D eigenvalue weighted by atomic mass is 19.1. The summed E-state index contributed by atoms with van der Waals surface area (Å²) in [7, 11) is 0. The molecule has 1 fully saturated rings. The molecule has 2 aromatic rings. The van der Waals surface area contributed by atoms with E-state index in [-0.39, 0.29) is 16.9 Å². The second-order valence-corrected chi connectivity index (χ2v) is 4.77. The first-order valence-electron chi connectivity index (χ1n) is 5.94. The monoisotopic (exact) mass is 279 g/mol. The van der Waals surface area contributed by atoms with E-state index >= 15 is 0 Å². The zero-order valence-electron chi connectivity index (χ0n) is 10.1. The van der Waals surface area contributed by atoms with Gasteiger partial charge in [-0.2, -0.15) is 0 Å². The third-order valence-electron chi connectivity index (χ3n) is 3.38. The van der Waals surface area contributed by atoms with E-state index in [0.29, 0.717) is 0 Å². The number of carbonyl (C=O) groups is 1. The molecule has 7 heteroatoms. The second-order valence-electron chi connectivity index (χ2n) is 4.77. The molecule has 0 atom stereocenters. The van der Waals surface area contributed by atoms with Gasteiger partial charge in [-0.3, -0.25) is 4.79 Å². The van der Waals surface area contributed by atoms with Gasteiger partial charge in [-0.25, -0.2) is 9.18 Å². The predicted molar refractivity (Wildman–Crippen MR) is 66.7 cm³/mol. The van der Waals surface area contributed by atoms with Gasteiger partial charge in [0.1, 0.15) is 5.56 Å². The van der Waals surface area contributed by atoms with Gasteiger partial charge in [0.25, 0.3) is 0 Å². The number of halogens is 1. The zero-order valence-corrected chi connectivity index (χ0v) is 10.1. The van der Waals surface area contributed by atoms with E-state index in [1.54, 1.807) is 0 Å². The fourth-order valence-corrected chi connectivity index (χ4v) is 2.24. The first-order chi connectivity index (χ1) is 9.41. The first kappa shape index (κ1) is 12.5. The highest BCUT2D eigenvalue weighted by Gasteiger charge is 2.29.